The second-order valence-electron chi connectivity index (χ2n) is 4.89. The van der Waals surface area contributed by atoms with Crippen LogP contribution >= 0.6 is 0 Å². The molecular weight excluding hydrogens is 300 g/mol. The molecule has 2 aromatic rings. The molecule has 3 nitrogen and oxygen atoms in total. The van der Waals surface area contributed by atoms with Crippen molar-refractivity contribution in [1.29, 1.82) is 0 Å². The first kappa shape index (κ1) is 19.3. The number of hydrogen-bond donors (Lipinski definition) is 1. The minimum absolute atomic E-state index is 0.00502. The molecule has 126 valence electrons. The fourth-order valence-electron chi connectivity index (χ4n) is 2.14. The van der Waals surface area contributed by atoms with Gasteiger partial charge in [0.2, 0.25) is 0 Å². The molecule has 1 atom stereocenters. The Morgan fingerprint density at radius 3 is 2.25 bits per heavy atom. The van der Waals surface area contributed by atoms with Crippen LogP contribution in [0.2, 0.25) is 0 Å². The van der Waals surface area contributed by atoms with E-state index in [1.807, 2.05) is 68.4 Å². The zero-order valence-corrected chi connectivity index (χ0v) is 14.5. The Bertz CT molecular complexity index is 664. The molecule has 1 N–H and O–H groups in total. The van der Waals surface area contributed by atoms with Crippen LogP contribution in [-0.2, 0) is 11.4 Å². The largest absolute Gasteiger partial charge is 0.489 e. The molecule has 0 saturated carbocycles. The number of rotatable bonds is 6. The van der Waals surface area contributed by atoms with E-state index in [-0.39, 0.29) is 12.3 Å². The molecule has 0 aliphatic rings. The molecule has 0 saturated heterocycles. The zero-order valence-electron chi connectivity index (χ0n) is 14.5. The van der Waals surface area contributed by atoms with Gasteiger partial charge >= 0.3 is 5.97 Å². The fourth-order valence-corrected chi connectivity index (χ4v) is 2.14. The van der Waals surface area contributed by atoms with Gasteiger partial charge in [0.15, 0.2) is 0 Å². The van der Waals surface area contributed by atoms with Crippen molar-refractivity contribution in [2.45, 2.75) is 39.7 Å². The Hall–Kier alpha value is -2.73. The van der Waals surface area contributed by atoms with Gasteiger partial charge in [0, 0.05) is 0 Å². The van der Waals surface area contributed by atoms with Gasteiger partial charge in [-0.25, -0.2) is 0 Å². The lowest BCUT2D eigenvalue weighted by atomic mass is 9.96. The first-order valence-corrected chi connectivity index (χ1v) is 8.10. The Kier molecular flexibility index (Phi) is 8.78. The smallest absolute Gasteiger partial charge is 0.304 e. The Morgan fingerprint density at radius 2 is 1.71 bits per heavy atom. The summed E-state index contributed by atoms with van der Waals surface area (Å²) in [6.45, 7) is 6.22. The van der Waals surface area contributed by atoms with Gasteiger partial charge in [-0.1, -0.05) is 62.2 Å². The van der Waals surface area contributed by atoms with Crippen LogP contribution in [0.25, 0.3) is 0 Å². The number of aliphatic carboxylic acids is 1. The third-order valence-corrected chi connectivity index (χ3v) is 3.23. The number of carbonyl (C=O) groups is 1. The molecule has 2 aromatic carbocycles. The molecule has 0 bridgehead atoms. The summed E-state index contributed by atoms with van der Waals surface area (Å²) in [6.07, 6.45) is 0.00502. The number of carboxylic acids is 1. The van der Waals surface area contributed by atoms with Crippen molar-refractivity contribution < 1.29 is 14.6 Å². The summed E-state index contributed by atoms with van der Waals surface area (Å²) in [5, 5.41) is 8.94. The maximum absolute atomic E-state index is 10.9. The average Bonchev–Trinajstić information content (AvgIpc) is 2.62. The highest BCUT2D eigenvalue weighted by atomic mass is 16.5. The molecule has 0 spiro atoms. The van der Waals surface area contributed by atoms with E-state index < -0.39 is 5.97 Å². The third kappa shape index (κ3) is 6.58. The summed E-state index contributed by atoms with van der Waals surface area (Å²) in [5.41, 5.74) is 2.00. The minimum Gasteiger partial charge on any atom is -0.489 e. The first-order valence-electron chi connectivity index (χ1n) is 8.10. The highest BCUT2D eigenvalue weighted by Crippen LogP contribution is 2.22. The predicted octanol–water partition coefficient (Wildman–Crippen LogP) is 4.87. The zero-order chi connectivity index (χ0) is 17.8. The normalized spacial score (nSPS) is 10.5. The van der Waals surface area contributed by atoms with Gasteiger partial charge < -0.3 is 9.84 Å². The number of benzene rings is 2. The lowest BCUT2D eigenvalue weighted by Gasteiger charge is -2.10. The first-order chi connectivity index (χ1) is 11.7. The maximum Gasteiger partial charge on any atom is 0.304 e. The van der Waals surface area contributed by atoms with E-state index in [9.17, 15) is 4.79 Å². The van der Waals surface area contributed by atoms with Gasteiger partial charge in [0.25, 0.3) is 0 Å². The lowest BCUT2D eigenvalue weighted by molar-refractivity contribution is -0.137. The molecule has 0 aromatic heterocycles. The van der Waals surface area contributed by atoms with Crippen LogP contribution in [-0.4, -0.2) is 11.1 Å². The summed E-state index contributed by atoms with van der Waals surface area (Å²) in [6, 6.07) is 17.4. The summed E-state index contributed by atoms with van der Waals surface area (Å²) in [5.74, 6) is 5.34. The van der Waals surface area contributed by atoms with E-state index in [2.05, 4.69) is 11.8 Å². The molecule has 0 fully saturated rings. The SMILES string of the molecule is CC.CC#CC(CC(=O)O)c1ccc(OCc2ccccc2)cc1. The van der Waals surface area contributed by atoms with Gasteiger partial charge in [-0.05, 0) is 30.2 Å². The number of ether oxygens (including phenoxy) is 1. The van der Waals surface area contributed by atoms with E-state index in [4.69, 9.17) is 9.84 Å². The summed E-state index contributed by atoms with van der Waals surface area (Å²) >= 11 is 0. The Morgan fingerprint density at radius 1 is 1.08 bits per heavy atom. The van der Waals surface area contributed by atoms with E-state index in [0.717, 1.165) is 16.9 Å². The minimum atomic E-state index is -0.850. The van der Waals surface area contributed by atoms with Gasteiger partial charge in [-0.2, -0.15) is 0 Å². The highest BCUT2D eigenvalue weighted by molar-refractivity contribution is 5.69. The van der Waals surface area contributed by atoms with Gasteiger partial charge in [-0.3, -0.25) is 4.79 Å². The van der Waals surface area contributed by atoms with Crippen LogP contribution in [0.15, 0.2) is 54.6 Å². The molecule has 0 amide bonds. The third-order valence-electron chi connectivity index (χ3n) is 3.23. The van der Waals surface area contributed by atoms with Crippen LogP contribution in [0.5, 0.6) is 5.75 Å². The van der Waals surface area contributed by atoms with Gasteiger partial charge in [0.05, 0.1) is 12.3 Å². The van der Waals surface area contributed by atoms with Crippen molar-refractivity contribution >= 4 is 5.97 Å². The second-order valence-corrected chi connectivity index (χ2v) is 4.89. The van der Waals surface area contributed by atoms with Crippen molar-refractivity contribution in [3.8, 4) is 17.6 Å². The summed E-state index contributed by atoms with van der Waals surface area (Å²) < 4.78 is 5.72. The topological polar surface area (TPSA) is 46.5 Å². The van der Waals surface area contributed by atoms with E-state index in [0.29, 0.717) is 6.61 Å². The highest BCUT2D eigenvalue weighted by Gasteiger charge is 2.13. The van der Waals surface area contributed by atoms with E-state index in [1.54, 1.807) is 6.92 Å². The van der Waals surface area contributed by atoms with Crippen LogP contribution < -0.4 is 4.74 Å². The maximum atomic E-state index is 10.9. The van der Waals surface area contributed by atoms with Crippen molar-refractivity contribution in [3.05, 3.63) is 65.7 Å². The fraction of sp³-hybridized carbons (Fsp3) is 0.286. The van der Waals surface area contributed by atoms with Crippen LogP contribution in [0.4, 0.5) is 0 Å². The molecule has 0 radical (unpaired) electrons. The second kappa shape index (κ2) is 10.9. The summed E-state index contributed by atoms with van der Waals surface area (Å²) in [7, 11) is 0. The lowest BCUT2D eigenvalue weighted by Crippen LogP contribution is -2.04. The van der Waals surface area contributed by atoms with Crippen LogP contribution in [0.3, 0.4) is 0 Å². The molecule has 0 aliphatic carbocycles. The molecule has 0 heterocycles. The molecule has 2 rings (SSSR count). The van der Waals surface area contributed by atoms with Crippen LogP contribution in [0.1, 0.15) is 44.2 Å². The average molecular weight is 324 g/mol. The molecule has 3 heteroatoms. The Labute approximate surface area is 144 Å². The van der Waals surface area contributed by atoms with Gasteiger partial charge in [0.1, 0.15) is 12.4 Å². The van der Waals surface area contributed by atoms with Crippen molar-refractivity contribution in [2.75, 3.05) is 0 Å². The molecular formula is C21H24O3. The molecule has 0 aliphatic heterocycles. The predicted molar refractivity (Wildman–Crippen MR) is 97.0 cm³/mol. The molecule has 24 heavy (non-hydrogen) atoms. The standard InChI is InChI=1S/C19H18O3.C2H6/c1-2-6-17(13-19(20)21)16-9-11-18(12-10-16)22-14-15-7-4-3-5-8-15;1-2/h3-5,7-12,17H,13-14H2,1H3,(H,20,21);1-2H3. The van der Waals surface area contributed by atoms with Crippen molar-refractivity contribution in [3.63, 3.8) is 0 Å². The monoisotopic (exact) mass is 324 g/mol. The summed E-state index contributed by atoms with van der Waals surface area (Å²) in [4.78, 5) is 10.9. The number of carboxylic acid groups (broad SMARTS) is 1. The van der Waals surface area contributed by atoms with E-state index >= 15 is 0 Å². The number of hydrogen-bond acceptors (Lipinski definition) is 2. The van der Waals surface area contributed by atoms with Crippen molar-refractivity contribution in [1.82, 2.24) is 0 Å². The van der Waals surface area contributed by atoms with Gasteiger partial charge in [-0.15, -0.1) is 5.92 Å². The Balaban J connectivity index is 0.00000139. The van der Waals surface area contributed by atoms with E-state index in [1.165, 1.54) is 0 Å². The van der Waals surface area contributed by atoms with Crippen LogP contribution in [0, 0.1) is 11.8 Å². The molecule has 1 unspecified atom stereocenters. The quantitative estimate of drug-likeness (QED) is 0.771. The van der Waals surface area contributed by atoms with Crippen molar-refractivity contribution in [2.24, 2.45) is 0 Å².